The summed E-state index contributed by atoms with van der Waals surface area (Å²) in [5, 5.41) is 10.4. The zero-order valence-electron chi connectivity index (χ0n) is 13.9. The molecular weight excluding hydrogens is 312 g/mol. The van der Waals surface area contributed by atoms with E-state index in [1.54, 1.807) is 4.31 Å². The maximum Gasteiger partial charge on any atom is 0.282 e. The van der Waals surface area contributed by atoms with Crippen molar-refractivity contribution in [2.45, 2.75) is 45.3 Å². The Hall–Kier alpha value is -0.950. The Morgan fingerprint density at radius 3 is 2.52 bits per heavy atom. The summed E-state index contributed by atoms with van der Waals surface area (Å²) in [5.41, 5.74) is 1.88. The normalized spacial score (nSPS) is 26.1. The SMILES string of the molecule is CCN(C[C@H](O)c1ccc(C)cc1)S(=O)(=O)N1C[C@H]2CC[C@H]1C2. The van der Waals surface area contributed by atoms with Crippen LogP contribution >= 0.6 is 0 Å². The number of likely N-dealkylation sites (N-methyl/N-ethyl adjacent to an activating group) is 1. The van der Waals surface area contributed by atoms with Gasteiger partial charge in [0.25, 0.3) is 10.2 Å². The second-order valence-electron chi connectivity index (χ2n) is 6.79. The summed E-state index contributed by atoms with van der Waals surface area (Å²) in [7, 11) is -3.49. The third-order valence-electron chi connectivity index (χ3n) is 5.17. The Morgan fingerprint density at radius 2 is 2.00 bits per heavy atom. The molecule has 0 aromatic heterocycles. The third kappa shape index (κ3) is 3.31. The fourth-order valence-electron chi connectivity index (χ4n) is 3.78. The van der Waals surface area contributed by atoms with Crippen molar-refractivity contribution in [1.29, 1.82) is 0 Å². The Bertz CT molecular complexity index is 644. The molecule has 1 aliphatic carbocycles. The second-order valence-corrected chi connectivity index (χ2v) is 8.67. The van der Waals surface area contributed by atoms with Crippen LogP contribution in [0.4, 0.5) is 0 Å². The quantitative estimate of drug-likeness (QED) is 0.864. The minimum atomic E-state index is -3.49. The molecule has 1 aromatic carbocycles. The molecule has 128 valence electrons. The highest BCUT2D eigenvalue weighted by atomic mass is 32.2. The Labute approximate surface area is 139 Å². The van der Waals surface area contributed by atoms with E-state index in [1.807, 2.05) is 38.1 Å². The maximum atomic E-state index is 12.9. The molecule has 0 unspecified atom stereocenters. The number of aliphatic hydroxyl groups is 1. The fourth-order valence-corrected chi connectivity index (χ4v) is 5.70. The number of aryl methyl sites for hydroxylation is 1. The first-order valence-corrected chi connectivity index (χ1v) is 9.83. The van der Waals surface area contributed by atoms with Crippen LogP contribution in [-0.4, -0.2) is 47.8 Å². The van der Waals surface area contributed by atoms with Crippen LogP contribution in [0.3, 0.4) is 0 Å². The highest BCUT2D eigenvalue weighted by Gasteiger charge is 2.45. The van der Waals surface area contributed by atoms with Crippen molar-refractivity contribution in [3.63, 3.8) is 0 Å². The number of piperidine rings is 1. The second kappa shape index (κ2) is 6.51. The molecule has 5 nitrogen and oxygen atoms in total. The molecule has 1 N–H and O–H groups in total. The molecule has 1 aliphatic heterocycles. The van der Waals surface area contributed by atoms with Gasteiger partial charge < -0.3 is 5.11 Å². The van der Waals surface area contributed by atoms with E-state index in [2.05, 4.69) is 0 Å². The van der Waals surface area contributed by atoms with Crippen LogP contribution in [-0.2, 0) is 10.2 Å². The van der Waals surface area contributed by atoms with Gasteiger partial charge in [-0.05, 0) is 37.7 Å². The van der Waals surface area contributed by atoms with Crippen LogP contribution in [0, 0.1) is 12.8 Å². The van der Waals surface area contributed by atoms with Crippen molar-refractivity contribution < 1.29 is 13.5 Å². The van der Waals surface area contributed by atoms with Crippen LogP contribution in [0.2, 0.25) is 0 Å². The van der Waals surface area contributed by atoms with Gasteiger partial charge in [0.15, 0.2) is 0 Å². The fraction of sp³-hybridized carbons (Fsp3) is 0.647. The molecule has 0 spiro atoms. The van der Waals surface area contributed by atoms with Gasteiger partial charge in [-0.3, -0.25) is 0 Å². The molecule has 1 heterocycles. The van der Waals surface area contributed by atoms with Gasteiger partial charge in [-0.25, -0.2) is 0 Å². The average molecular weight is 338 g/mol. The average Bonchev–Trinajstić information content (AvgIpc) is 3.16. The largest absolute Gasteiger partial charge is 0.387 e. The van der Waals surface area contributed by atoms with E-state index in [0.29, 0.717) is 19.0 Å². The summed E-state index contributed by atoms with van der Waals surface area (Å²) in [6.07, 6.45) is 2.32. The highest BCUT2D eigenvalue weighted by molar-refractivity contribution is 7.86. The van der Waals surface area contributed by atoms with Gasteiger partial charge in [0.1, 0.15) is 0 Å². The molecule has 2 bridgehead atoms. The standard InChI is InChI=1S/C17H26N2O3S/c1-3-18(12-17(20)15-7-4-13(2)5-8-15)23(21,22)19-11-14-6-9-16(19)10-14/h4-5,7-8,14,16-17,20H,3,6,9-12H2,1-2H3/t14-,16-,17-/m0/s1. The van der Waals surface area contributed by atoms with Crippen molar-refractivity contribution >= 4 is 10.2 Å². The van der Waals surface area contributed by atoms with Gasteiger partial charge in [-0.1, -0.05) is 36.8 Å². The predicted molar refractivity (Wildman–Crippen MR) is 90.1 cm³/mol. The Kier molecular flexibility index (Phi) is 4.78. The number of hydrogen-bond donors (Lipinski definition) is 1. The molecule has 3 atom stereocenters. The molecule has 6 heteroatoms. The minimum absolute atomic E-state index is 0.107. The number of rotatable bonds is 6. The van der Waals surface area contributed by atoms with Crippen LogP contribution in [0.25, 0.3) is 0 Å². The van der Waals surface area contributed by atoms with Crippen LogP contribution in [0.5, 0.6) is 0 Å². The van der Waals surface area contributed by atoms with E-state index in [1.165, 1.54) is 4.31 Å². The number of fused-ring (bicyclic) bond motifs is 2. The van der Waals surface area contributed by atoms with Gasteiger partial charge in [-0.2, -0.15) is 17.0 Å². The van der Waals surface area contributed by atoms with Crippen molar-refractivity contribution in [2.24, 2.45) is 5.92 Å². The lowest BCUT2D eigenvalue weighted by atomic mass is 10.1. The molecule has 2 fully saturated rings. The Balaban J connectivity index is 1.72. The monoisotopic (exact) mass is 338 g/mol. The lowest BCUT2D eigenvalue weighted by molar-refractivity contribution is 0.144. The number of hydrogen-bond acceptors (Lipinski definition) is 3. The molecule has 1 saturated heterocycles. The molecule has 23 heavy (non-hydrogen) atoms. The van der Waals surface area contributed by atoms with Crippen LogP contribution in [0.1, 0.15) is 43.4 Å². The minimum Gasteiger partial charge on any atom is -0.387 e. The Morgan fingerprint density at radius 1 is 1.30 bits per heavy atom. The summed E-state index contributed by atoms with van der Waals surface area (Å²) >= 11 is 0. The van der Waals surface area contributed by atoms with E-state index in [9.17, 15) is 13.5 Å². The summed E-state index contributed by atoms with van der Waals surface area (Å²) < 4.78 is 28.9. The highest BCUT2D eigenvalue weighted by Crippen LogP contribution is 2.39. The number of nitrogens with zero attached hydrogens (tertiary/aromatic N) is 2. The van der Waals surface area contributed by atoms with Gasteiger partial charge in [0, 0.05) is 25.7 Å². The van der Waals surface area contributed by atoms with E-state index in [0.717, 1.165) is 30.4 Å². The lowest BCUT2D eigenvalue weighted by Gasteiger charge is -2.32. The summed E-state index contributed by atoms with van der Waals surface area (Å²) in [6.45, 7) is 4.94. The smallest absolute Gasteiger partial charge is 0.282 e. The van der Waals surface area contributed by atoms with Crippen molar-refractivity contribution in [3.05, 3.63) is 35.4 Å². The zero-order chi connectivity index (χ0) is 16.6. The summed E-state index contributed by atoms with van der Waals surface area (Å²) in [6, 6.07) is 7.75. The third-order valence-corrected chi connectivity index (χ3v) is 7.27. The van der Waals surface area contributed by atoms with E-state index >= 15 is 0 Å². The molecule has 0 radical (unpaired) electrons. The van der Waals surface area contributed by atoms with Gasteiger partial charge in [0.05, 0.1) is 6.10 Å². The topological polar surface area (TPSA) is 60.9 Å². The molecule has 1 aromatic rings. The van der Waals surface area contributed by atoms with Crippen molar-refractivity contribution in [1.82, 2.24) is 8.61 Å². The van der Waals surface area contributed by atoms with Gasteiger partial charge in [-0.15, -0.1) is 0 Å². The van der Waals surface area contributed by atoms with Crippen LogP contribution in [0.15, 0.2) is 24.3 Å². The molecular formula is C17H26N2O3S. The first-order valence-electron chi connectivity index (χ1n) is 8.43. The zero-order valence-corrected chi connectivity index (χ0v) is 14.7. The van der Waals surface area contributed by atoms with Crippen LogP contribution < -0.4 is 0 Å². The molecule has 0 amide bonds. The first-order chi connectivity index (χ1) is 10.9. The molecule has 2 aliphatic rings. The first kappa shape index (κ1) is 16.9. The van der Waals surface area contributed by atoms with E-state index in [4.69, 9.17) is 0 Å². The predicted octanol–water partition coefficient (Wildman–Crippen LogP) is 2.08. The summed E-state index contributed by atoms with van der Waals surface area (Å²) in [4.78, 5) is 0. The maximum absolute atomic E-state index is 12.9. The van der Waals surface area contributed by atoms with E-state index in [-0.39, 0.29) is 12.6 Å². The van der Waals surface area contributed by atoms with Gasteiger partial charge in [0.2, 0.25) is 0 Å². The number of benzene rings is 1. The lowest BCUT2D eigenvalue weighted by Crippen LogP contribution is -2.48. The summed E-state index contributed by atoms with van der Waals surface area (Å²) in [5.74, 6) is 0.524. The van der Waals surface area contributed by atoms with E-state index < -0.39 is 16.3 Å². The molecule has 1 saturated carbocycles. The van der Waals surface area contributed by atoms with Gasteiger partial charge >= 0.3 is 0 Å². The number of aliphatic hydroxyl groups excluding tert-OH is 1. The van der Waals surface area contributed by atoms with Crippen molar-refractivity contribution in [2.75, 3.05) is 19.6 Å². The molecule has 3 rings (SSSR count). The van der Waals surface area contributed by atoms with Crippen molar-refractivity contribution in [3.8, 4) is 0 Å².